The molecule has 0 amide bonds. The molecule has 0 unspecified atom stereocenters. The van der Waals surface area contributed by atoms with Crippen molar-refractivity contribution in [3.05, 3.63) is 0 Å². The van der Waals surface area contributed by atoms with E-state index in [9.17, 15) is 9.59 Å². The third-order valence-electron chi connectivity index (χ3n) is 10.7. The van der Waals surface area contributed by atoms with Gasteiger partial charge < -0.3 is 51.1 Å². The summed E-state index contributed by atoms with van der Waals surface area (Å²) in [5, 5.41) is 85.0. The number of unbranched alkanes of at least 4 members (excludes halogenated alkanes) is 28. The molecule has 0 aliphatic carbocycles. The molecule has 0 aliphatic heterocycles. The summed E-state index contributed by atoms with van der Waals surface area (Å²) in [6, 6.07) is 0. The summed E-state index contributed by atoms with van der Waals surface area (Å²) in [5.41, 5.74) is -2.22. The maximum absolute atomic E-state index is 10.3. The van der Waals surface area contributed by atoms with Crippen molar-refractivity contribution in [2.45, 2.75) is 219 Å². The van der Waals surface area contributed by atoms with E-state index in [2.05, 4.69) is 13.8 Å². The maximum Gasteiger partial charge on any atom is 0.303 e. The molecule has 0 aromatic rings. The lowest BCUT2D eigenvalue weighted by molar-refractivity contribution is -0.138. The van der Waals surface area contributed by atoms with Gasteiger partial charge in [-0.2, -0.15) is 0 Å². The number of hydrogen-bond acceptors (Lipinski definition) is 10. The highest BCUT2D eigenvalue weighted by Gasteiger charge is 2.27. The predicted molar refractivity (Wildman–Crippen MR) is 236 cm³/mol. The molecule has 0 aromatic carbocycles. The normalized spacial score (nSPS) is 11.2. The fourth-order valence-corrected chi connectivity index (χ4v) is 5.90. The van der Waals surface area contributed by atoms with Crippen LogP contribution in [0.15, 0.2) is 0 Å². The van der Waals surface area contributed by atoms with Crippen molar-refractivity contribution in [2.75, 3.05) is 52.9 Å². The van der Waals surface area contributed by atoms with Crippen LogP contribution in [0.3, 0.4) is 0 Å². The Kier molecular flexibility index (Phi) is 56.5. The third kappa shape index (κ3) is 49.0. The van der Waals surface area contributed by atoms with Gasteiger partial charge >= 0.3 is 11.9 Å². The van der Waals surface area contributed by atoms with Gasteiger partial charge in [0, 0.05) is 12.8 Å². The Morgan fingerprint density at radius 1 is 0.276 bits per heavy atom. The van der Waals surface area contributed by atoms with E-state index in [1.165, 1.54) is 167 Å². The van der Waals surface area contributed by atoms with E-state index in [-0.39, 0.29) is 0 Å². The molecular formula is C46H96O12. The monoisotopic (exact) mass is 841 g/mol. The minimum atomic E-state index is -1.11. The minimum absolute atomic E-state index is 0.345. The van der Waals surface area contributed by atoms with E-state index in [1.54, 1.807) is 0 Å². The first-order valence-corrected chi connectivity index (χ1v) is 23.3. The summed E-state index contributed by atoms with van der Waals surface area (Å²) in [5.74, 6) is -1.31. The average molecular weight is 841 g/mol. The topological polar surface area (TPSA) is 236 Å². The van der Waals surface area contributed by atoms with Gasteiger partial charge in [-0.15, -0.1) is 0 Å². The van der Waals surface area contributed by atoms with Crippen LogP contribution in [0.25, 0.3) is 0 Å². The van der Waals surface area contributed by atoms with Crippen molar-refractivity contribution in [1.29, 1.82) is 0 Å². The number of rotatable bonds is 40. The highest BCUT2D eigenvalue weighted by atomic mass is 16.4. The fraction of sp³-hybridized carbons (Fsp3) is 0.957. The first-order valence-electron chi connectivity index (χ1n) is 23.3. The van der Waals surface area contributed by atoms with Gasteiger partial charge in [0.1, 0.15) is 0 Å². The fourth-order valence-electron chi connectivity index (χ4n) is 5.90. The highest BCUT2D eigenvalue weighted by Crippen LogP contribution is 2.16. The van der Waals surface area contributed by atoms with Crippen LogP contribution in [-0.2, 0) is 9.59 Å². The summed E-state index contributed by atoms with van der Waals surface area (Å²) in [6.07, 6.45) is 40.4. The Balaban J connectivity index is -0.000000358. The molecule has 0 saturated heterocycles. The standard InChI is InChI=1S/2C18H36O2.2C5H12O4/c2*1-2-3-4-5-6-7-8-9-10-11-12-13-14-15-16-17-18(19)20;2*6-1-5(2-7,3-8)4-9/h2*2-17H2,1H3,(H,19,20);2*6-9H,1-4H2. The van der Waals surface area contributed by atoms with Crippen molar-refractivity contribution in [3.63, 3.8) is 0 Å². The molecule has 0 spiro atoms. The summed E-state index contributed by atoms with van der Waals surface area (Å²) < 4.78 is 0. The van der Waals surface area contributed by atoms with E-state index in [4.69, 9.17) is 51.1 Å². The Bertz CT molecular complexity index is 692. The summed E-state index contributed by atoms with van der Waals surface area (Å²) in [4.78, 5) is 20.7. The number of hydrogen-bond donors (Lipinski definition) is 10. The van der Waals surface area contributed by atoms with Crippen LogP contribution in [-0.4, -0.2) is 116 Å². The van der Waals surface area contributed by atoms with Crippen molar-refractivity contribution in [2.24, 2.45) is 10.8 Å². The van der Waals surface area contributed by atoms with E-state index in [1.807, 2.05) is 0 Å². The third-order valence-corrected chi connectivity index (χ3v) is 10.7. The molecule has 0 heterocycles. The summed E-state index contributed by atoms with van der Waals surface area (Å²) in [7, 11) is 0. The maximum atomic E-state index is 10.3. The van der Waals surface area contributed by atoms with Gasteiger partial charge in [-0.3, -0.25) is 9.59 Å². The zero-order valence-corrected chi connectivity index (χ0v) is 37.6. The van der Waals surface area contributed by atoms with Gasteiger partial charge in [0.05, 0.1) is 63.7 Å². The molecule has 12 heteroatoms. The van der Waals surface area contributed by atoms with Crippen LogP contribution in [0.4, 0.5) is 0 Å². The van der Waals surface area contributed by atoms with Crippen LogP contribution >= 0.6 is 0 Å². The van der Waals surface area contributed by atoms with Gasteiger partial charge in [0.15, 0.2) is 0 Å². The lowest BCUT2D eigenvalue weighted by atomic mass is 9.93. The molecule has 0 atom stereocenters. The van der Waals surface area contributed by atoms with Crippen LogP contribution in [0, 0.1) is 10.8 Å². The molecule has 0 fully saturated rings. The van der Waals surface area contributed by atoms with Crippen molar-refractivity contribution >= 4 is 11.9 Å². The van der Waals surface area contributed by atoms with Crippen molar-refractivity contribution in [1.82, 2.24) is 0 Å². The zero-order valence-electron chi connectivity index (χ0n) is 37.6. The second-order valence-corrected chi connectivity index (χ2v) is 16.5. The molecular weight excluding hydrogens is 744 g/mol. The molecule has 10 N–H and O–H groups in total. The van der Waals surface area contributed by atoms with Crippen LogP contribution in [0.2, 0.25) is 0 Å². The number of aliphatic hydroxyl groups is 8. The van der Waals surface area contributed by atoms with Crippen molar-refractivity contribution in [3.8, 4) is 0 Å². The molecule has 0 rings (SSSR count). The van der Waals surface area contributed by atoms with E-state index < -0.39 is 75.6 Å². The highest BCUT2D eigenvalue weighted by molar-refractivity contribution is 5.66. The van der Waals surface area contributed by atoms with E-state index in [0.29, 0.717) is 12.8 Å². The quantitative estimate of drug-likeness (QED) is 0.0261. The second-order valence-electron chi connectivity index (χ2n) is 16.5. The molecule has 0 aromatic heterocycles. The molecule has 12 nitrogen and oxygen atoms in total. The van der Waals surface area contributed by atoms with Gasteiger partial charge in [0.2, 0.25) is 0 Å². The number of carboxylic acid groups (broad SMARTS) is 2. The average Bonchev–Trinajstić information content (AvgIpc) is 3.23. The molecule has 58 heavy (non-hydrogen) atoms. The number of carbonyl (C=O) groups is 2. The second kappa shape index (κ2) is 51.8. The zero-order chi connectivity index (χ0) is 44.4. The number of carboxylic acids is 2. The summed E-state index contributed by atoms with van der Waals surface area (Å²) >= 11 is 0. The predicted octanol–water partition coefficient (Wildman–Crippen LogP) is 8.55. The Hall–Kier alpha value is -1.38. The largest absolute Gasteiger partial charge is 0.481 e. The number of aliphatic carboxylic acids is 2. The van der Waals surface area contributed by atoms with E-state index in [0.717, 1.165) is 25.7 Å². The lowest BCUT2D eigenvalue weighted by Crippen LogP contribution is -2.37. The molecule has 352 valence electrons. The van der Waals surface area contributed by atoms with Crippen LogP contribution in [0.1, 0.15) is 219 Å². The first-order chi connectivity index (χ1) is 28.0. The first kappa shape index (κ1) is 63.3. The Morgan fingerprint density at radius 3 is 0.517 bits per heavy atom. The Labute approximate surface area is 354 Å². The van der Waals surface area contributed by atoms with Gasteiger partial charge in [-0.25, -0.2) is 0 Å². The van der Waals surface area contributed by atoms with Crippen molar-refractivity contribution < 1.29 is 60.7 Å². The molecule has 0 radical (unpaired) electrons. The molecule has 0 bridgehead atoms. The molecule has 0 aliphatic rings. The van der Waals surface area contributed by atoms with E-state index >= 15 is 0 Å². The van der Waals surface area contributed by atoms with Gasteiger partial charge in [0.25, 0.3) is 0 Å². The Morgan fingerprint density at radius 2 is 0.414 bits per heavy atom. The lowest BCUT2D eigenvalue weighted by Gasteiger charge is -2.23. The van der Waals surface area contributed by atoms with Gasteiger partial charge in [-0.05, 0) is 12.8 Å². The SMILES string of the molecule is CCCCCCCCCCCCCCCCCC(=O)O.CCCCCCCCCCCCCCCCCC(=O)O.OCC(CO)(CO)CO.OCC(CO)(CO)CO. The number of aliphatic hydroxyl groups excluding tert-OH is 8. The van der Waals surface area contributed by atoms with Gasteiger partial charge in [-0.1, -0.05) is 194 Å². The van der Waals surface area contributed by atoms with Crippen LogP contribution in [0.5, 0.6) is 0 Å². The summed E-state index contributed by atoms with van der Waals surface area (Å²) in [6.45, 7) is 1.29. The van der Waals surface area contributed by atoms with Crippen LogP contribution < -0.4 is 0 Å². The minimum Gasteiger partial charge on any atom is -0.481 e. The smallest absolute Gasteiger partial charge is 0.303 e. The molecule has 0 saturated carbocycles.